The van der Waals surface area contributed by atoms with Gasteiger partial charge in [0.15, 0.2) is 10.8 Å². The number of hydrogen-bond acceptors (Lipinski definition) is 4. The predicted molar refractivity (Wildman–Crippen MR) is 110 cm³/mol. The van der Waals surface area contributed by atoms with Gasteiger partial charge in [-0.2, -0.15) is 0 Å². The first-order valence-corrected chi connectivity index (χ1v) is 9.84. The average molecular weight is 375 g/mol. The number of pyridine rings is 1. The van der Waals surface area contributed by atoms with Gasteiger partial charge in [0.25, 0.3) is 0 Å². The number of fused-ring (bicyclic) bond motifs is 1. The van der Waals surface area contributed by atoms with Crippen molar-refractivity contribution in [3.05, 3.63) is 83.6 Å². The first-order chi connectivity index (χ1) is 13.2. The van der Waals surface area contributed by atoms with Crippen LogP contribution in [0.1, 0.15) is 16.7 Å². The minimum absolute atomic E-state index is 0.730. The number of nitrogens with zero attached hydrogens (tertiary/aromatic N) is 3. The van der Waals surface area contributed by atoms with Gasteiger partial charge in [0.05, 0.1) is 13.7 Å². The van der Waals surface area contributed by atoms with Gasteiger partial charge in [0.2, 0.25) is 0 Å². The van der Waals surface area contributed by atoms with E-state index in [1.165, 1.54) is 16.7 Å². The number of imidazole rings is 1. The van der Waals surface area contributed by atoms with Gasteiger partial charge >= 0.3 is 0 Å². The third-order valence-electron chi connectivity index (χ3n) is 4.46. The van der Waals surface area contributed by atoms with Crippen LogP contribution in [0.15, 0.2) is 72.0 Å². The highest BCUT2D eigenvalue weighted by molar-refractivity contribution is 7.98. The minimum Gasteiger partial charge on any atom is -0.497 e. The number of aryl methyl sites for hydroxylation is 1. The molecule has 0 N–H and O–H groups in total. The molecule has 0 bridgehead atoms. The van der Waals surface area contributed by atoms with E-state index in [0.29, 0.717) is 0 Å². The summed E-state index contributed by atoms with van der Waals surface area (Å²) in [6.45, 7) is 2.84. The smallest absolute Gasteiger partial charge is 0.170 e. The molecule has 4 aromatic rings. The standard InChI is InChI=1S/C22H21N3OS/c1-16-5-7-18(8-6-16)15-27-22-24-20-4-3-13-23-21(20)25(22)14-17-9-11-19(26-2)12-10-17/h3-13H,14-15H2,1-2H3. The molecule has 4 nitrogen and oxygen atoms in total. The molecule has 0 aliphatic heterocycles. The van der Waals surface area contributed by atoms with Gasteiger partial charge < -0.3 is 4.74 Å². The molecule has 0 saturated heterocycles. The Hall–Kier alpha value is -2.79. The maximum absolute atomic E-state index is 5.26. The van der Waals surface area contributed by atoms with E-state index in [2.05, 4.69) is 52.9 Å². The van der Waals surface area contributed by atoms with E-state index in [-0.39, 0.29) is 0 Å². The molecular formula is C22H21N3OS. The van der Waals surface area contributed by atoms with Gasteiger partial charge in [-0.05, 0) is 42.3 Å². The molecule has 0 saturated carbocycles. The first-order valence-electron chi connectivity index (χ1n) is 8.85. The van der Waals surface area contributed by atoms with Crippen LogP contribution in [0.3, 0.4) is 0 Å². The Morgan fingerprint density at radius 2 is 1.70 bits per heavy atom. The van der Waals surface area contributed by atoms with Crippen LogP contribution in [0.5, 0.6) is 5.75 Å². The largest absolute Gasteiger partial charge is 0.497 e. The minimum atomic E-state index is 0.730. The van der Waals surface area contributed by atoms with Gasteiger partial charge in [-0.15, -0.1) is 0 Å². The zero-order chi connectivity index (χ0) is 18.6. The highest BCUT2D eigenvalue weighted by Gasteiger charge is 2.13. The van der Waals surface area contributed by atoms with Gasteiger partial charge in [-0.25, -0.2) is 9.97 Å². The molecule has 136 valence electrons. The Labute approximate surface area is 163 Å². The molecule has 0 radical (unpaired) electrons. The summed E-state index contributed by atoms with van der Waals surface area (Å²) in [5.41, 5.74) is 5.61. The quantitative estimate of drug-likeness (QED) is 0.440. The Bertz CT molecular complexity index is 1040. The Balaban J connectivity index is 1.62. The summed E-state index contributed by atoms with van der Waals surface area (Å²) >= 11 is 1.75. The van der Waals surface area contributed by atoms with Crippen molar-refractivity contribution in [1.82, 2.24) is 14.5 Å². The highest BCUT2D eigenvalue weighted by Crippen LogP contribution is 2.27. The van der Waals surface area contributed by atoms with Gasteiger partial charge in [0, 0.05) is 11.9 Å². The summed E-state index contributed by atoms with van der Waals surface area (Å²) in [4.78, 5) is 9.37. The molecule has 0 fully saturated rings. The lowest BCUT2D eigenvalue weighted by molar-refractivity contribution is 0.414. The van der Waals surface area contributed by atoms with Crippen molar-refractivity contribution >= 4 is 22.9 Å². The molecule has 2 heterocycles. The maximum Gasteiger partial charge on any atom is 0.170 e. The lowest BCUT2D eigenvalue weighted by Gasteiger charge is -2.09. The van der Waals surface area contributed by atoms with E-state index >= 15 is 0 Å². The van der Waals surface area contributed by atoms with Gasteiger partial charge in [0.1, 0.15) is 11.3 Å². The number of ether oxygens (including phenoxy) is 1. The summed E-state index contributed by atoms with van der Waals surface area (Å²) in [5, 5.41) is 0.986. The third-order valence-corrected chi connectivity index (χ3v) is 5.50. The Morgan fingerprint density at radius 1 is 0.963 bits per heavy atom. The normalized spacial score (nSPS) is 11.0. The fraction of sp³-hybridized carbons (Fsp3) is 0.182. The number of thioether (sulfide) groups is 1. The second-order valence-corrected chi connectivity index (χ2v) is 7.39. The van der Waals surface area contributed by atoms with Crippen molar-refractivity contribution in [3.8, 4) is 5.75 Å². The zero-order valence-electron chi connectivity index (χ0n) is 15.4. The van der Waals surface area contributed by atoms with E-state index in [0.717, 1.165) is 34.4 Å². The van der Waals surface area contributed by atoms with E-state index in [4.69, 9.17) is 9.72 Å². The van der Waals surface area contributed by atoms with E-state index in [1.807, 2.05) is 30.5 Å². The van der Waals surface area contributed by atoms with Crippen LogP contribution in [0.4, 0.5) is 0 Å². The second-order valence-electron chi connectivity index (χ2n) is 6.45. The lowest BCUT2D eigenvalue weighted by atomic mass is 10.2. The lowest BCUT2D eigenvalue weighted by Crippen LogP contribution is -2.02. The number of aromatic nitrogens is 3. The van der Waals surface area contributed by atoms with Crippen LogP contribution in [-0.2, 0) is 12.3 Å². The molecule has 2 aromatic heterocycles. The number of benzene rings is 2. The molecule has 0 atom stereocenters. The summed E-state index contributed by atoms with van der Waals surface area (Å²) < 4.78 is 7.45. The number of methoxy groups -OCH3 is 1. The van der Waals surface area contributed by atoms with Crippen molar-refractivity contribution in [1.29, 1.82) is 0 Å². The number of rotatable bonds is 6. The summed E-state index contributed by atoms with van der Waals surface area (Å²) in [6, 6.07) is 20.7. The van der Waals surface area contributed by atoms with Crippen molar-refractivity contribution in [2.75, 3.05) is 7.11 Å². The third kappa shape index (κ3) is 3.98. The monoisotopic (exact) mass is 375 g/mol. The number of hydrogen-bond donors (Lipinski definition) is 0. The van der Waals surface area contributed by atoms with E-state index in [1.54, 1.807) is 18.9 Å². The van der Waals surface area contributed by atoms with Crippen LogP contribution in [0, 0.1) is 6.92 Å². The molecule has 0 unspecified atom stereocenters. The molecule has 4 rings (SSSR count). The summed E-state index contributed by atoms with van der Waals surface area (Å²) in [5.74, 6) is 1.74. The molecular weight excluding hydrogens is 354 g/mol. The SMILES string of the molecule is COc1ccc(Cn2c(SCc3ccc(C)cc3)nc3cccnc32)cc1. The van der Waals surface area contributed by atoms with Crippen LogP contribution < -0.4 is 4.74 Å². The Kier molecular flexibility index (Phi) is 5.12. The topological polar surface area (TPSA) is 39.9 Å². The van der Waals surface area contributed by atoms with E-state index < -0.39 is 0 Å². The molecule has 0 aliphatic rings. The molecule has 5 heteroatoms. The van der Waals surface area contributed by atoms with Crippen LogP contribution >= 0.6 is 11.8 Å². The van der Waals surface area contributed by atoms with Crippen molar-refractivity contribution in [2.45, 2.75) is 24.4 Å². The van der Waals surface area contributed by atoms with Crippen molar-refractivity contribution < 1.29 is 4.74 Å². The summed E-state index contributed by atoms with van der Waals surface area (Å²) in [7, 11) is 1.68. The average Bonchev–Trinajstić information content (AvgIpc) is 3.06. The van der Waals surface area contributed by atoms with E-state index in [9.17, 15) is 0 Å². The van der Waals surface area contributed by atoms with Crippen LogP contribution in [0.2, 0.25) is 0 Å². The fourth-order valence-electron chi connectivity index (χ4n) is 2.94. The van der Waals surface area contributed by atoms with Gasteiger partial charge in [-0.1, -0.05) is 53.7 Å². The highest BCUT2D eigenvalue weighted by atomic mass is 32.2. The molecule has 0 spiro atoms. The second kappa shape index (κ2) is 7.84. The zero-order valence-corrected chi connectivity index (χ0v) is 16.2. The predicted octanol–water partition coefficient (Wildman–Crippen LogP) is 5.09. The molecule has 27 heavy (non-hydrogen) atoms. The fourth-order valence-corrected chi connectivity index (χ4v) is 3.89. The molecule has 2 aromatic carbocycles. The maximum atomic E-state index is 5.26. The Morgan fingerprint density at radius 3 is 2.44 bits per heavy atom. The van der Waals surface area contributed by atoms with Crippen LogP contribution in [0.25, 0.3) is 11.2 Å². The van der Waals surface area contributed by atoms with Crippen molar-refractivity contribution in [3.63, 3.8) is 0 Å². The van der Waals surface area contributed by atoms with Gasteiger partial charge in [-0.3, -0.25) is 4.57 Å². The first kappa shape index (κ1) is 17.6. The van der Waals surface area contributed by atoms with Crippen molar-refractivity contribution in [2.24, 2.45) is 0 Å². The van der Waals surface area contributed by atoms with Crippen LogP contribution in [-0.4, -0.2) is 21.6 Å². The molecule has 0 amide bonds. The molecule has 0 aliphatic carbocycles. The summed E-state index contributed by atoms with van der Waals surface area (Å²) in [6.07, 6.45) is 1.82.